The first-order chi connectivity index (χ1) is 12.4. The van der Waals surface area contributed by atoms with Gasteiger partial charge in [-0.25, -0.2) is 13.8 Å². The van der Waals surface area contributed by atoms with Crippen LogP contribution in [0.4, 0.5) is 20.2 Å². The molecule has 0 atom stereocenters. The Hall–Kier alpha value is -2.06. The van der Waals surface area contributed by atoms with Crippen LogP contribution in [0.3, 0.4) is 0 Å². The molecular weight excluding hydrogens is 424 g/mol. The number of fused-ring (bicyclic) bond motifs is 2. The van der Waals surface area contributed by atoms with Crippen LogP contribution in [0.2, 0.25) is 0 Å². The molecule has 134 valence electrons. The number of hydrogen-bond donors (Lipinski definition) is 2. The van der Waals surface area contributed by atoms with Crippen molar-refractivity contribution in [3.05, 3.63) is 50.4 Å². The Labute approximate surface area is 160 Å². The van der Waals surface area contributed by atoms with Crippen molar-refractivity contribution >= 4 is 54.8 Å². The van der Waals surface area contributed by atoms with Gasteiger partial charge in [0.2, 0.25) is 0 Å². The van der Waals surface area contributed by atoms with Gasteiger partial charge in [-0.1, -0.05) is 0 Å². The lowest BCUT2D eigenvalue weighted by atomic mass is 9.95. The number of carbonyl (C=O) groups excluding carboxylic acids is 1. The first kappa shape index (κ1) is 17.4. The lowest BCUT2D eigenvalue weighted by Gasteiger charge is -2.14. The minimum absolute atomic E-state index is 0.122. The highest BCUT2D eigenvalue weighted by Gasteiger charge is 2.22. The maximum atomic E-state index is 14.0. The molecule has 3 N–H and O–H groups in total. The first-order valence-electron chi connectivity index (χ1n) is 8.10. The molecule has 3 aromatic rings. The van der Waals surface area contributed by atoms with E-state index in [4.69, 9.17) is 5.73 Å². The molecule has 26 heavy (non-hydrogen) atoms. The number of rotatable bonds is 2. The van der Waals surface area contributed by atoms with Crippen LogP contribution in [-0.4, -0.2) is 10.9 Å². The smallest absolute Gasteiger partial charge is 0.268 e. The SMILES string of the molecule is Nc1c(C(=O)Nc2c(F)cc(F)cc2Br)sc2nc3c(cc12)CCCC3. The Morgan fingerprint density at radius 1 is 1.23 bits per heavy atom. The number of thiophene rings is 1. The zero-order chi connectivity index (χ0) is 18.4. The topological polar surface area (TPSA) is 68.0 Å². The standard InChI is InChI=1S/C18H14BrF2N3OS/c19-11-6-9(20)7-12(21)15(11)24-17(25)16-14(22)10-5-8-3-1-2-4-13(8)23-18(10)26-16/h5-7H,1-4,22H2,(H,24,25). The van der Waals surface area contributed by atoms with Gasteiger partial charge in [0.25, 0.3) is 5.91 Å². The van der Waals surface area contributed by atoms with Gasteiger partial charge in [-0.05, 0) is 59.3 Å². The maximum Gasteiger partial charge on any atom is 0.268 e. The number of nitrogens with one attached hydrogen (secondary N) is 1. The number of aromatic nitrogens is 1. The number of hydrogen-bond acceptors (Lipinski definition) is 4. The van der Waals surface area contributed by atoms with Gasteiger partial charge in [-0.3, -0.25) is 4.79 Å². The molecule has 0 spiro atoms. The van der Waals surface area contributed by atoms with Gasteiger partial charge in [-0.15, -0.1) is 11.3 Å². The van der Waals surface area contributed by atoms with E-state index in [0.717, 1.165) is 42.8 Å². The number of nitrogens with zero attached hydrogens (tertiary/aromatic N) is 1. The summed E-state index contributed by atoms with van der Waals surface area (Å²) in [5.74, 6) is -2.14. The van der Waals surface area contributed by atoms with Gasteiger partial charge in [0.05, 0.1) is 11.4 Å². The Morgan fingerprint density at radius 3 is 2.77 bits per heavy atom. The van der Waals surface area contributed by atoms with Crippen LogP contribution in [-0.2, 0) is 12.8 Å². The van der Waals surface area contributed by atoms with Gasteiger partial charge in [0.15, 0.2) is 5.82 Å². The summed E-state index contributed by atoms with van der Waals surface area (Å²) in [7, 11) is 0. The van der Waals surface area contributed by atoms with Crippen LogP contribution in [0.15, 0.2) is 22.7 Å². The van der Waals surface area contributed by atoms with Gasteiger partial charge < -0.3 is 11.1 Å². The van der Waals surface area contributed by atoms with E-state index in [1.54, 1.807) is 0 Å². The molecule has 0 saturated heterocycles. The van der Waals surface area contributed by atoms with Crippen molar-refractivity contribution in [3.63, 3.8) is 0 Å². The summed E-state index contributed by atoms with van der Waals surface area (Å²) in [5, 5.41) is 3.22. The predicted octanol–water partition coefficient (Wildman–Crippen LogP) is 5.05. The van der Waals surface area contributed by atoms with E-state index in [1.807, 2.05) is 6.07 Å². The van der Waals surface area contributed by atoms with E-state index in [9.17, 15) is 13.6 Å². The second kappa shape index (κ2) is 6.59. The quantitative estimate of drug-likeness (QED) is 0.589. The third kappa shape index (κ3) is 2.97. The average molecular weight is 438 g/mol. The highest BCUT2D eigenvalue weighted by molar-refractivity contribution is 9.10. The summed E-state index contributed by atoms with van der Waals surface area (Å²) >= 11 is 4.24. The highest BCUT2D eigenvalue weighted by atomic mass is 79.9. The lowest BCUT2D eigenvalue weighted by Crippen LogP contribution is -2.13. The second-order valence-electron chi connectivity index (χ2n) is 6.20. The van der Waals surface area contributed by atoms with Crippen LogP contribution in [0.25, 0.3) is 10.2 Å². The summed E-state index contributed by atoms with van der Waals surface area (Å²) in [6, 6.07) is 3.81. The van der Waals surface area contributed by atoms with Crippen molar-refractivity contribution in [1.82, 2.24) is 4.98 Å². The van der Waals surface area contributed by atoms with E-state index in [-0.39, 0.29) is 15.0 Å². The zero-order valence-electron chi connectivity index (χ0n) is 13.5. The molecular formula is C18H14BrF2N3OS. The third-order valence-electron chi connectivity index (χ3n) is 4.45. The van der Waals surface area contributed by atoms with Crippen LogP contribution < -0.4 is 11.1 Å². The summed E-state index contributed by atoms with van der Waals surface area (Å²) in [4.78, 5) is 18.3. The third-order valence-corrected chi connectivity index (χ3v) is 6.19. The number of pyridine rings is 1. The Balaban J connectivity index is 1.72. The lowest BCUT2D eigenvalue weighted by molar-refractivity contribution is 0.103. The average Bonchev–Trinajstić information content (AvgIpc) is 2.92. The Kier molecular flexibility index (Phi) is 4.40. The second-order valence-corrected chi connectivity index (χ2v) is 8.05. The number of amides is 1. The molecule has 1 aliphatic rings. The number of benzene rings is 1. The highest BCUT2D eigenvalue weighted by Crippen LogP contribution is 2.36. The van der Waals surface area contributed by atoms with E-state index >= 15 is 0 Å². The summed E-state index contributed by atoms with van der Waals surface area (Å²) in [6.45, 7) is 0. The zero-order valence-corrected chi connectivity index (χ0v) is 15.9. The Bertz CT molecular complexity index is 1030. The van der Waals surface area contributed by atoms with Crippen LogP contribution in [0.1, 0.15) is 33.8 Å². The van der Waals surface area contributed by atoms with Crippen molar-refractivity contribution in [3.8, 4) is 0 Å². The molecule has 0 saturated carbocycles. The van der Waals surface area contributed by atoms with Crippen molar-refractivity contribution < 1.29 is 13.6 Å². The van der Waals surface area contributed by atoms with Crippen LogP contribution in [0.5, 0.6) is 0 Å². The van der Waals surface area contributed by atoms with Crippen LogP contribution >= 0.6 is 27.3 Å². The van der Waals surface area contributed by atoms with Crippen molar-refractivity contribution in [2.75, 3.05) is 11.1 Å². The summed E-state index contributed by atoms with van der Waals surface area (Å²) in [5.41, 5.74) is 8.61. The van der Waals surface area contributed by atoms with E-state index in [1.165, 1.54) is 16.9 Å². The molecule has 0 bridgehead atoms. The molecule has 4 nitrogen and oxygen atoms in total. The minimum atomic E-state index is -0.863. The molecule has 2 aromatic heterocycles. The number of nitrogens with two attached hydrogens (primary N) is 1. The summed E-state index contributed by atoms with van der Waals surface area (Å²) in [6.07, 6.45) is 4.12. The molecule has 0 fully saturated rings. The maximum absolute atomic E-state index is 14.0. The van der Waals surface area contributed by atoms with Gasteiger partial charge in [-0.2, -0.15) is 0 Å². The Morgan fingerprint density at radius 2 is 2.00 bits per heavy atom. The number of aryl methyl sites for hydroxylation is 2. The van der Waals surface area contributed by atoms with E-state index in [2.05, 4.69) is 26.2 Å². The van der Waals surface area contributed by atoms with E-state index in [0.29, 0.717) is 16.6 Å². The van der Waals surface area contributed by atoms with Gasteiger partial charge >= 0.3 is 0 Å². The fourth-order valence-corrected chi connectivity index (χ4v) is 4.66. The fourth-order valence-electron chi connectivity index (χ4n) is 3.16. The van der Waals surface area contributed by atoms with Gasteiger partial charge in [0, 0.05) is 21.6 Å². The van der Waals surface area contributed by atoms with Crippen molar-refractivity contribution in [2.45, 2.75) is 25.7 Å². The first-order valence-corrected chi connectivity index (χ1v) is 9.71. The molecule has 0 aliphatic heterocycles. The summed E-state index contributed by atoms with van der Waals surface area (Å²) < 4.78 is 27.3. The number of halogens is 3. The van der Waals surface area contributed by atoms with Crippen LogP contribution in [0, 0.1) is 11.6 Å². The number of nitrogen functional groups attached to an aromatic ring is 1. The molecule has 1 aromatic carbocycles. The normalized spacial score (nSPS) is 13.7. The fraction of sp³-hybridized carbons (Fsp3) is 0.222. The number of carbonyl (C=O) groups is 1. The molecule has 2 heterocycles. The van der Waals surface area contributed by atoms with Crippen molar-refractivity contribution in [1.29, 1.82) is 0 Å². The molecule has 1 amide bonds. The van der Waals surface area contributed by atoms with Gasteiger partial charge in [0.1, 0.15) is 15.5 Å². The molecule has 8 heteroatoms. The minimum Gasteiger partial charge on any atom is -0.397 e. The molecule has 0 radical (unpaired) electrons. The molecule has 1 aliphatic carbocycles. The largest absolute Gasteiger partial charge is 0.397 e. The van der Waals surface area contributed by atoms with Crippen molar-refractivity contribution in [2.24, 2.45) is 0 Å². The van der Waals surface area contributed by atoms with E-state index < -0.39 is 17.5 Å². The predicted molar refractivity (Wildman–Crippen MR) is 103 cm³/mol. The monoisotopic (exact) mass is 437 g/mol. The molecule has 0 unspecified atom stereocenters. The molecule has 4 rings (SSSR count). The number of anilines is 2.